The van der Waals surface area contributed by atoms with Crippen LogP contribution in [-0.2, 0) is 96.5 Å². The van der Waals surface area contributed by atoms with Gasteiger partial charge in [-0.25, -0.2) is 0 Å². The summed E-state index contributed by atoms with van der Waals surface area (Å²) in [6, 6.07) is 33.0. The van der Waals surface area contributed by atoms with Gasteiger partial charge in [0.25, 0.3) is 0 Å². The number of hydrogen-bond acceptors (Lipinski definition) is 13. The summed E-state index contributed by atoms with van der Waals surface area (Å²) < 4.78 is 274. The van der Waals surface area contributed by atoms with E-state index < -0.39 is 128 Å². The number of alkyl halides is 18. The highest BCUT2D eigenvalue weighted by Gasteiger charge is 2.58. The Bertz CT molecular complexity index is 3910. The SMILES string of the molecule is COC[C@]12CC[C@@](CC[C@H](C)c3cc(C(F)(F)F)cc(C(F)(F)F)c3)(c3ccccc3)N(CC(=O)O1)C2.COC[C@]12CC[C@@](CC[C@H](C)c3cc(C(F)(F)F)cc(C(F)(F)F)c3)(c3ccccc3)N(CC(=O)O1)C2.C[C@@H](OC[C@@]1(c2ccccc2)CC[C@]2(CO)CN1CC(=O)O2)c1cc(C(F)(F)F)cc(C(F)(F)F)c1. The van der Waals surface area contributed by atoms with Gasteiger partial charge in [-0.3, -0.25) is 29.1 Å². The number of nitrogens with zero attached hydrogens (tertiary/aromatic N) is 3. The molecule has 110 heavy (non-hydrogen) atoms. The van der Waals surface area contributed by atoms with E-state index in [2.05, 4.69) is 0 Å². The van der Waals surface area contributed by atoms with E-state index in [0.717, 1.165) is 41.0 Å². The quantitative estimate of drug-likeness (QED) is 0.0441. The van der Waals surface area contributed by atoms with Gasteiger partial charge in [0.2, 0.25) is 0 Å². The molecule has 6 aromatic rings. The predicted octanol–water partition coefficient (Wildman–Crippen LogP) is 18.2. The van der Waals surface area contributed by atoms with Gasteiger partial charge in [-0.2, -0.15) is 79.0 Å². The molecule has 0 amide bonds. The summed E-state index contributed by atoms with van der Waals surface area (Å²) in [6.07, 6.45) is -26.2. The summed E-state index contributed by atoms with van der Waals surface area (Å²) in [5.74, 6) is -2.48. The zero-order valence-corrected chi connectivity index (χ0v) is 60.5. The molecule has 6 aliphatic rings. The fraction of sp³-hybridized carbons (Fsp3) is 0.506. The number of piperidine rings is 3. The van der Waals surface area contributed by atoms with E-state index in [1.807, 2.05) is 87.5 Å². The first kappa shape index (κ1) is 84.6. The Morgan fingerprint density at radius 3 is 0.964 bits per heavy atom. The van der Waals surface area contributed by atoms with Gasteiger partial charge in [0.05, 0.1) is 91.1 Å². The highest BCUT2D eigenvalue weighted by Crippen LogP contribution is 2.53. The Morgan fingerprint density at radius 2 is 0.655 bits per heavy atom. The molecule has 13 nitrogen and oxygen atoms in total. The fourth-order valence-corrected chi connectivity index (χ4v) is 16.3. The van der Waals surface area contributed by atoms with Crippen molar-refractivity contribution < 1.29 is 127 Å². The van der Waals surface area contributed by atoms with Crippen molar-refractivity contribution >= 4 is 17.9 Å². The topological polar surface area (TPSA) is 137 Å². The van der Waals surface area contributed by atoms with Crippen molar-refractivity contribution in [2.24, 2.45) is 0 Å². The number of hydrogen-bond donors (Lipinski definition) is 1. The molecule has 6 saturated heterocycles. The van der Waals surface area contributed by atoms with E-state index >= 15 is 0 Å². The number of esters is 3. The maximum atomic E-state index is 13.4. The normalized spacial score (nSPS) is 27.2. The number of carbonyl (C=O) groups is 3. The van der Waals surface area contributed by atoms with Crippen molar-refractivity contribution in [3.05, 3.63) is 212 Å². The van der Waals surface area contributed by atoms with Crippen LogP contribution < -0.4 is 0 Å². The van der Waals surface area contributed by atoms with Gasteiger partial charge in [0, 0.05) is 44.9 Å². The zero-order valence-electron chi connectivity index (χ0n) is 60.5. The van der Waals surface area contributed by atoms with E-state index in [1.165, 1.54) is 21.1 Å². The molecule has 12 rings (SSSR count). The molecule has 6 fully saturated rings. The monoisotopic (exact) mass is 1580 g/mol. The Kier molecular flexibility index (Phi) is 24.9. The lowest BCUT2D eigenvalue weighted by molar-refractivity contribution is -0.210. The highest BCUT2D eigenvalue weighted by atomic mass is 19.4. The van der Waals surface area contributed by atoms with Crippen LogP contribution in [0.4, 0.5) is 79.0 Å². The second-order valence-corrected chi connectivity index (χ2v) is 29.6. The fourth-order valence-electron chi connectivity index (χ4n) is 16.3. The van der Waals surface area contributed by atoms with E-state index in [4.69, 9.17) is 28.4 Å². The third-order valence-corrected chi connectivity index (χ3v) is 22.2. The third-order valence-electron chi connectivity index (χ3n) is 22.2. The molecule has 6 heterocycles. The molecule has 12 atom stereocenters. The number of aliphatic hydroxyl groups excluding tert-OH is 1. The van der Waals surface area contributed by atoms with Crippen molar-refractivity contribution in [1.29, 1.82) is 0 Å². The molecule has 3 unspecified atom stereocenters. The van der Waals surface area contributed by atoms with Gasteiger partial charge in [-0.05, 0) is 171 Å². The van der Waals surface area contributed by atoms with Crippen molar-refractivity contribution in [3.8, 4) is 0 Å². The number of rotatable bonds is 20. The molecule has 31 heteroatoms. The largest absolute Gasteiger partial charge is 0.454 e. The highest BCUT2D eigenvalue weighted by molar-refractivity contribution is 5.75. The van der Waals surface area contributed by atoms with Crippen LogP contribution in [0.15, 0.2) is 146 Å². The number of ether oxygens (including phenoxy) is 6. The number of aliphatic hydroxyl groups is 1. The molecule has 0 aliphatic carbocycles. The van der Waals surface area contributed by atoms with Gasteiger partial charge in [-0.15, -0.1) is 0 Å². The average Bonchev–Trinajstić information content (AvgIpc) is 0.744. The summed E-state index contributed by atoms with van der Waals surface area (Å²) in [5.41, 5.74) is -10.5. The summed E-state index contributed by atoms with van der Waals surface area (Å²) in [4.78, 5) is 43.4. The first-order valence-corrected chi connectivity index (χ1v) is 35.5. The minimum atomic E-state index is -4.97. The van der Waals surface area contributed by atoms with Crippen LogP contribution >= 0.6 is 0 Å². The number of fused-ring (bicyclic) bond motifs is 6. The van der Waals surface area contributed by atoms with Crippen LogP contribution in [0.2, 0.25) is 0 Å². The Labute approximate surface area is 623 Å². The molecule has 6 aromatic carbocycles. The molecule has 600 valence electrons. The van der Waals surface area contributed by atoms with Crippen LogP contribution in [0.1, 0.15) is 170 Å². The minimum Gasteiger partial charge on any atom is -0.454 e. The maximum absolute atomic E-state index is 13.4. The van der Waals surface area contributed by atoms with Crippen molar-refractivity contribution in [1.82, 2.24) is 14.7 Å². The van der Waals surface area contributed by atoms with Gasteiger partial charge < -0.3 is 33.5 Å². The molecule has 6 bridgehead atoms. The van der Waals surface area contributed by atoms with Crippen molar-refractivity contribution in [3.63, 3.8) is 0 Å². The molecule has 1 N–H and O–H groups in total. The summed E-state index contributed by atoms with van der Waals surface area (Å²) in [5, 5.41) is 9.88. The van der Waals surface area contributed by atoms with Crippen molar-refractivity contribution in [2.75, 3.05) is 79.9 Å². The van der Waals surface area contributed by atoms with Crippen LogP contribution in [0.25, 0.3) is 0 Å². The van der Waals surface area contributed by atoms with Gasteiger partial charge in [0.15, 0.2) is 0 Å². The number of benzene rings is 6. The smallest absolute Gasteiger partial charge is 0.416 e. The van der Waals surface area contributed by atoms with E-state index in [-0.39, 0.29) is 99.4 Å². The lowest BCUT2D eigenvalue weighted by atomic mass is 9.71. The molecule has 0 spiro atoms. The minimum absolute atomic E-state index is 0.0204. The summed E-state index contributed by atoms with van der Waals surface area (Å²) in [6.45, 7) is 5.70. The van der Waals surface area contributed by atoms with E-state index in [9.17, 15) is 98.5 Å². The summed E-state index contributed by atoms with van der Waals surface area (Å²) >= 11 is 0. The van der Waals surface area contributed by atoms with Crippen LogP contribution in [0.5, 0.6) is 0 Å². The Balaban J connectivity index is 0.000000176. The number of carbonyl (C=O) groups excluding carboxylic acids is 3. The number of morpholine rings is 3. The lowest BCUT2D eigenvalue weighted by Crippen LogP contribution is -2.67. The van der Waals surface area contributed by atoms with Gasteiger partial charge >= 0.3 is 55.0 Å². The van der Waals surface area contributed by atoms with Crippen molar-refractivity contribution in [2.45, 2.75) is 173 Å². The zero-order chi connectivity index (χ0) is 80.5. The molecule has 6 aliphatic heterocycles. The average molecular weight is 1580 g/mol. The molecular formula is C79H83F18N3O10. The van der Waals surface area contributed by atoms with Gasteiger partial charge in [0.1, 0.15) is 16.8 Å². The van der Waals surface area contributed by atoms with Crippen LogP contribution in [0, 0.1) is 0 Å². The second-order valence-electron chi connectivity index (χ2n) is 29.6. The van der Waals surface area contributed by atoms with Crippen LogP contribution in [-0.4, -0.2) is 134 Å². The van der Waals surface area contributed by atoms with E-state index in [1.54, 1.807) is 32.0 Å². The van der Waals surface area contributed by atoms with E-state index in [0.29, 0.717) is 89.4 Å². The third kappa shape index (κ3) is 18.9. The molecule has 0 radical (unpaired) electrons. The first-order valence-electron chi connectivity index (χ1n) is 35.5. The summed E-state index contributed by atoms with van der Waals surface area (Å²) in [7, 11) is 3.07. The van der Waals surface area contributed by atoms with Crippen LogP contribution in [0.3, 0.4) is 0 Å². The lowest BCUT2D eigenvalue weighted by Gasteiger charge is -2.56. The number of methoxy groups -OCH3 is 2. The Hall–Kier alpha value is -7.81. The second kappa shape index (κ2) is 32.4. The molecule has 0 saturated carbocycles. The predicted molar refractivity (Wildman–Crippen MR) is 363 cm³/mol. The maximum Gasteiger partial charge on any atom is 0.416 e. The number of halogens is 18. The molecule has 0 aromatic heterocycles. The molecular weight excluding hydrogens is 1490 g/mol. The first-order chi connectivity index (χ1) is 51.3. The standard InChI is InChI=1S/2C27H29F6NO3.C25H25F6NO4/c2*1-18(19-12-21(26(28,29)30)14-22(13-19)27(31,32)33)8-9-25(20-6-4-3-5-7-20)11-10-24(17-36-2)16-34(25)15-23(35)37-24;1-16(17-9-19(24(26,27)28)11-20(10-17)25(29,30)31)35-15-23(18-5-3-2-4-6-18)8-7-22(14-33)13-32(23)12-21(34)36-22/h2*3-7,12-14,18H,8-11,15-17H2,1-2H3;2-6,9-11,16,33H,7-8,12-15H2,1H3/t2*18-,24+,25-;16-,22-,23-/m001/s1. The Morgan fingerprint density at radius 1 is 0.382 bits per heavy atom. The van der Waals surface area contributed by atoms with Gasteiger partial charge in [-0.1, -0.05) is 105 Å².